The fourth-order valence-corrected chi connectivity index (χ4v) is 3.17. The molecule has 0 N–H and O–H groups in total. The van der Waals surface area contributed by atoms with Crippen LogP contribution < -0.4 is 9.47 Å². The maximum Gasteiger partial charge on any atom is 0.231 e. The molecule has 0 saturated carbocycles. The summed E-state index contributed by atoms with van der Waals surface area (Å²) in [5, 5.41) is 4.08. The van der Waals surface area contributed by atoms with Gasteiger partial charge in [0.1, 0.15) is 0 Å². The summed E-state index contributed by atoms with van der Waals surface area (Å²) in [6.07, 6.45) is 0. The molecule has 0 unspecified atom stereocenters. The predicted molar refractivity (Wildman–Crippen MR) is 91.5 cm³/mol. The van der Waals surface area contributed by atoms with Crippen molar-refractivity contribution in [2.75, 3.05) is 33.0 Å². The Bertz CT molecular complexity index is 723. The largest absolute Gasteiger partial charge is 0.454 e. The van der Waals surface area contributed by atoms with E-state index in [1.54, 1.807) is 0 Å². The fraction of sp³-hybridized carbons (Fsp3) is 0.556. The molecule has 0 atom stereocenters. The van der Waals surface area contributed by atoms with Crippen LogP contribution in [0.2, 0.25) is 0 Å². The van der Waals surface area contributed by atoms with E-state index in [-0.39, 0.29) is 5.92 Å². The first kappa shape index (κ1) is 16.4. The van der Waals surface area contributed by atoms with Crippen LogP contribution in [-0.2, 0) is 13.1 Å². The Morgan fingerprint density at radius 2 is 1.72 bits per heavy atom. The minimum absolute atomic E-state index is 0.278. The summed E-state index contributed by atoms with van der Waals surface area (Å²) in [7, 11) is 0. The van der Waals surface area contributed by atoms with E-state index in [4.69, 9.17) is 14.0 Å². The molecule has 0 spiro atoms. The lowest BCUT2D eigenvalue weighted by Crippen LogP contribution is -2.45. The van der Waals surface area contributed by atoms with Crippen molar-refractivity contribution in [3.05, 3.63) is 35.5 Å². The Hall–Kier alpha value is -2.12. The SMILES string of the molecule is CC(C)c1nc(CN2CCN(Cc3ccc4c(c3)OCO4)CC2)no1. The summed E-state index contributed by atoms with van der Waals surface area (Å²) in [6.45, 7) is 10.2. The van der Waals surface area contributed by atoms with Gasteiger partial charge in [0.05, 0.1) is 6.54 Å². The van der Waals surface area contributed by atoms with Crippen LogP contribution in [0.5, 0.6) is 11.5 Å². The second-order valence-corrected chi connectivity index (χ2v) is 6.94. The molecule has 0 radical (unpaired) electrons. The molecule has 2 aliphatic rings. The average Bonchev–Trinajstić information content (AvgIpc) is 3.25. The molecule has 1 aromatic heterocycles. The van der Waals surface area contributed by atoms with E-state index in [2.05, 4.69) is 45.9 Å². The predicted octanol–water partition coefficient (Wildman–Crippen LogP) is 2.24. The minimum Gasteiger partial charge on any atom is -0.454 e. The van der Waals surface area contributed by atoms with Crippen molar-refractivity contribution >= 4 is 0 Å². The zero-order valence-electron chi connectivity index (χ0n) is 14.8. The molecule has 0 amide bonds. The van der Waals surface area contributed by atoms with Gasteiger partial charge in [-0.05, 0) is 17.7 Å². The Balaban J connectivity index is 1.28. The zero-order valence-corrected chi connectivity index (χ0v) is 14.8. The summed E-state index contributed by atoms with van der Waals surface area (Å²) < 4.78 is 16.1. The quantitative estimate of drug-likeness (QED) is 0.824. The van der Waals surface area contributed by atoms with Gasteiger partial charge in [0.15, 0.2) is 17.3 Å². The van der Waals surface area contributed by atoms with Crippen LogP contribution >= 0.6 is 0 Å². The third-order valence-corrected chi connectivity index (χ3v) is 4.65. The Morgan fingerprint density at radius 3 is 2.44 bits per heavy atom. The number of aromatic nitrogens is 2. The van der Waals surface area contributed by atoms with Crippen molar-refractivity contribution in [3.63, 3.8) is 0 Å². The standard InChI is InChI=1S/C18H24N4O3/c1-13(2)18-19-17(20-25-18)11-22-7-5-21(6-8-22)10-14-3-4-15-16(9-14)24-12-23-15/h3-4,9,13H,5-8,10-12H2,1-2H3. The first-order valence-corrected chi connectivity index (χ1v) is 8.83. The number of fused-ring (bicyclic) bond motifs is 1. The van der Waals surface area contributed by atoms with Gasteiger partial charge in [0, 0.05) is 38.6 Å². The number of nitrogens with zero attached hydrogens (tertiary/aromatic N) is 4. The summed E-state index contributed by atoms with van der Waals surface area (Å²) in [6, 6.07) is 6.20. The number of piperazine rings is 1. The van der Waals surface area contributed by atoms with E-state index in [1.807, 2.05) is 6.07 Å². The van der Waals surface area contributed by atoms with E-state index >= 15 is 0 Å². The second-order valence-electron chi connectivity index (χ2n) is 6.94. The van der Waals surface area contributed by atoms with Gasteiger partial charge in [-0.1, -0.05) is 25.1 Å². The number of hydrogen-bond donors (Lipinski definition) is 0. The topological polar surface area (TPSA) is 63.9 Å². The number of rotatable bonds is 5. The average molecular weight is 344 g/mol. The Kier molecular flexibility index (Phi) is 4.59. The molecule has 2 aliphatic heterocycles. The summed E-state index contributed by atoms with van der Waals surface area (Å²) >= 11 is 0. The van der Waals surface area contributed by atoms with Crippen LogP contribution in [0.3, 0.4) is 0 Å². The Morgan fingerprint density at radius 1 is 1.00 bits per heavy atom. The monoisotopic (exact) mass is 344 g/mol. The molecular weight excluding hydrogens is 320 g/mol. The Labute approximate surface area is 147 Å². The lowest BCUT2D eigenvalue weighted by Gasteiger charge is -2.34. The minimum atomic E-state index is 0.278. The summed E-state index contributed by atoms with van der Waals surface area (Å²) in [5.74, 6) is 3.48. The van der Waals surface area contributed by atoms with Crippen LogP contribution in [0.4, 0.5) is 0 Å². The van der Waals surface area contributed by atoms with E-state index < -0.39 is 0 Å². The molecule has 7 heteroatoms. The van der Waals surface area contributed by atoms with Crippen LogP contribution in [0, 0.1) is 0 Å². The molecule has 3 heterocycles. The van der Waals surface area contributed by atoms with Gasteiger partial charge in [-0.2, -0.15) is 4.98 Å². The van der Waals surface area contributed by atoms with Gasteiger partial charge in [0.2, 0.25) is 12.7 Å². The highest BCUT2D eigenvalue weighted by Gasteiger charge is 2.20. The first-order valence-electron chi connectivity index (χ1n) is 8.83. The molecule has 2 aromatic rings. The highest BCUT2D eigenvalue weighted by atomic mass is 16.7. The highest BCUT2D eigenvalue weighted by molar-refractivity contribution is 5.44. The van der Waals surface area contributed by atoms with Crippen molar-refractivity contribution in [1.29, 1.82) is 0 Å². The smallest absolute Gasteiger partial charge is 0.231 e. The van der Waals surface area contributed by atoms with E-state index in [1.165, 1.54) is 5.56 Å². The van der Waals surface area contributed by atoms with Crippen LogP contribution in [0.15, 0.2) is 22.7 Å². The zero-order chi connectivity index (χ0) is 17.2. The lowest BCUT2D eigenvalue weighted by atomic mass is 10.1. The molecule has 1 aromatic carbocycles. The maximum atomic E-state index is 5.46. The summed E-state index contributed by atoms with van der Waals surface area (Å²) in [4.78, 5) is 9.31. The van der Waals surface area contributed by atoms with Crippen molar-refractivity contribution in [3.8, 4) is 11.5 Å². The summed E-state index contributed by atoms with van der Waals surface area (Å²) in [5.41, 5.74) is 1.26. The van der Waals surface area contributed by atoms with Crippen LogP contribution in [0.25, 0.3) is 0 Å². The van der Waals surface area contributed by atoms with Crippen LogP contribution in [0.1, 0.15) is 37.0 Å². The van der Waals surface area contributed by atoms with Gasteiger partial charge >= 0.3 is 0 Å². The molecule has 1 fully saturated rings. The number of ether oxygens (including phenoxy) is 2. The highest BCUT2D eigenvalue weighted by Crippen LogP contribution is 2.32. The normalized spacial score (nSPS) is 18.2. The van der Waals surface area contributed by atoms with Crippen molar-refractivity contribution in [2.24, 2.45) is 0 Å². The number of hydrogen-bond acceptors (Lipinski definition) is 7. The maximum absolute atomic E-state index is 5.46. The third kappa shape index (κ3) is 3.77. The molecule has 7 nitrogen and oxygen atoms in total. The molecule has 134 valence electrons. The molecule has 0 bridgehead atoms. The van der Waals surface area contributed by atoms with E-state index in [0.29, 0.717) is 6.79 Å². The third-order valence-electron chi connectivity index (χ3n) is 4.65. The first-order chi connectivity index (χ1) is 12.2. The fourth-order valence-electron chi connectivity index (χ4n) is 3.17. The molecular formula is C18H24N4O3. The van der Waals surface area contributed by atoms with Crippen molar-refractivity contribution in [1.82, 2.24) is 19.9 Å². The van der Waals surface area contributed by atoms with E-state index in [0.717, 1.165) is 62.5 Å². The second kappa shape index (κ2) is 7.01. The van der Waals surface area contributed by atoms with Gasteiger partial charge in [-0.15, -0.1) is 0 Å². The van der Waals surface area contributed by atoms with Crippen LogP contribution in [-0.4, -0.2) is 52.9 Å². The van der Waals surface area contributed by atoms with Gasteiger partial charge in [-0.25, -0.2) is 0 Å². The molecule has 1 saturated heterocycles. The lowest BCUT2D eigenvalue weighted by molar-refractivity contribution is 0.119. The van der Waals surface area contributed by atoms with Crippen molar-refractivity contribution in [2.45, 2.75) is 32.9 Å². The van der Waals surface area contributed by atoms with Gasteiger partial charge < -0.3 is 14.0 Å². The van der Waals surface area contributed by atoms with Crippen molar-refractivity contribution < 1.29 is 14.0 Å². The molecule has 4 rings (SSSR count). The van der Waals surface area contributed by atoms with Gasteiger partial charge in [0.25, 0.3) is 0 Å². The molecule has 0 aliphatic carbocycles. The van der Waals surface area contributed by atoms with E-state index in [9.17, 15) is 0 Å². The number of benzene rings is 1. The van der Waals surface area contributed by atoms with Gasteiger partial charge in [-0.3, -0.25) is 9.80 Å². The molecule has 25 heavy (non-hydrogen) atoms.